The van der Waals surface area contributed by atoms with Crippen molar-refractivity contribution in [2.24, 2.45) is 0 Å². The predicted molar refractivity (Wildman–Crippen MR) is 89.3 cm³/mol. The molecular formula is C19H26N2. The van der Waals surface area contributed by atoms with Crippen molar-refractivity contribution in [3.05, 3.63) is 65.5 Å². The predicted octanol–water partition coefficient (Wildman–Crippen LogP) is 4.79. The van der Waals surface area contributed by atoms with Gasteiger partial charge in [-0.2, -0.15) is 0 Å². The largest absolute Gasteiger partial charge is 0.304 e. The Morgan fingerprint density at radius 2 is 1.52 bits per heavy atom. The van der Waals surface area contributed by atoms with Gasteiger partial charge in [0.1, 0.15) is 0 Å². The molecule has 0 spiro atoms. The summed E-state index contributed by atoms with van der Waals surface area (Å²) in [4.78, 5) is 4.18. The fraction of sp³-hybridized carbons (Fsp3) is 0.421. The Morgan fingerprint density at radius 1 is 0.905 bits per heavy atom. The number of hydrogen-bond donors (Lipinski definition) is 1. The Morgan fingerprint density at radius 3 is 2.05 bits per heavy atom. The lowest BCUT2D eigenvalue weighted by Crippen LogP contribution is -2.22. The van der Waals surface area contributed by atoms with Crippen LogP contribution in [0.5, 0.6) is 0 Å². The van der Waals surface area contributed by atoms with Crippen LogP contribution in [0.2, 0.25) is 0 Å². The van der Waals surface area contributed by atoms with Crippen molar-refractivity contribution in [2.45, 2.75) is 52.1 Å². The van der Waals surface area contributed by atoms with E-state index in [2.05, 4.69) is 75.3 Å². The number of pyridine rings is 1. The third-order valence-corrected chi connectivity index (χ3v) is 3.96. The maximum absolute atomic E-state index is 4.18. The van der Waals surface area contributed by atoms with Crippen molar-refractivity contribution >= 4 is 0 Å². The number of rotatable bonds is 4. The first kappa shape index (κ1) is 15.7. The first-order valence-corrected chi connectivity index (χ1v) is 7.64. The molecule has 2 heteroatoms. The molecule has 2 nitrogen and oxygen atoms in total. The van der Waals surface area contributed by atoms with E-state index in [4.69, 9.17) is 0 Å². The lowest BCUT2D eigenvalue weighted by Gasteiger charge is -2.23. The second-order valence-corrected chi connectivity index (χ2v) is 6.77. The van der Waals surface area contributed by atoms with Gasteiger partial charge in [-0.05, 0) is 42.0 Å². The number of aromatic nitrogens is 1. The fourth-order valence-corrected chi connectivity index (χ4v) is 2.47. The van der Waals surface area contributed by atoms with E-state index in [0.717, 1.165) is 0 Å². The lowest BCUT2D eigenvalue weighted by atomic mass is 9.86. The molecule has 0 saturated carbocycles. The summed E-state index contributed by atoms with van der Waals surface area (Å²) >= 11 is 0. The molecule has 112 valence electrons. The first-order valence-electron chi connectivity index (χ1n) is 7.64. The summed E-state index contributed by atoms with van der Waals surface area (Å²) in [7, 11) is 0. The van der Waals surface area contributed by atoms with Crippen LogP contribution in [0.3, 0.4) is 0 Å². The van der Waals surface area contributed by atoms with E-state index in [9.17, 15) is 0 Å². The molecule has 0 aliphatic carbocycles. The van der Waals surface area contributed by atoms with E-state index < -0.39 is 0 Å². The van der Waals surface area contributed by atoms with Crippen molar-refractivity contribution in [3.63, 3.8) is 0 Å². The third-order valence-electron chi connectivity index (χ3n) is 3.96. The summed E-state index contributed by atoms with van der Waals surface area (Å²) < 4.78 is 0. The highest BCUT2D eigenvalue weighted by Gasteiger charge is 2.15. The zero-order valence-corrected chi connectivity index (χ0v) is 13.7. The molecule has 21 heavy (non-hydrogen) atoms. The Hall–Kier alpha value is -1.67. The maximum atomic E-state index is 4.18. The fourth-order valence-electron chi connectivity index (χ4n) is 2.47. The molecule has 0 radical (unpaired) electrons. The van der Waals surface area contributed by atoms with Crippen molar-refractivity contribution < 1.29 is 0 Å². The highest BCUT2D eigenvalue weighted by molar-refractivity contribution is 5.29. The van der Waals surface area contributed by atoms with Crippen LogP contribution < -0.4 is 5.32 Å². The van der Waals surface area contributed by atoms with Gasteiger partial charge in [0.2, 0.25) is 0 Å². The summed E-state index contributed by atoms with van der Waals surface area (Å²) in [5.41, 5.74) is 4.12. The van der Waals surface area contributed by atoms with Gasteiger partial charge in [0.15, 0.2) is 0 Å². The number of nitrogens with zero attached hydrogens (tertiary/aromatic N) is 1. The summed E-state index contributed by atoms with van der Waals surface area (Å²) in [6.07, 6.45) is 3.73. The van der Waals surface area contributed by atoms with Gasteiger partial charge in [-0.3, -0.25) is 4.98 Å². The van der Waals surface area contributed by atoms with Crippen LogP contribution in [0.4, 0.5) is 0 Å². The van der Waals surface area contributed by atoms with E-state index in [-0.39, 0.29) is 11.5 Å². The topological polar surface area (TPSA) is 24.9 Å². The Labute approximate surface area is 128 Å². The molecule has 1 unspecified atom stereocenters. The van der Waals surface area contributed by atoms with Crippen LogP contribution in [-0.2, 0) is 5.41 Å². The zero-order valence-electron chi connectivity index (χ0n) is 13.7. The smallest absolute Gasteiger partial charge is 0.0315 e. The van der Waals surface area contributed by atoms with Crippen molar-refractivity contribution in [1.29, 1.82) is 0 Å². The van der Waals surface area contributed by atoms with E-state index in [0.29, 0.717) is 6.04 Å². The second kappa shape index (κ2) is 6.40. The van der Waals surface area contributed by atoms with E-state index in [1.165, 1.54) is 16.7 Å². The summed E-state index contributed by atoms with van der Waals surface area (Å²) in [6.45, 7) is 11.1. The zero-order chi connectivity index (χ0) is 15.5. The normalized spacial score (nSPS) is 14.7. The number of nitrogens with one attached hydrogen (secondary N) is 1. The number of benzene rings is 1. The summed E-state index contributed by atoms with van der Waals surface area (Å²) in [6, 6.07) is 13.6. The lowest BCUT2D eigenvalue weighted by molar-refractivity contribution is 0.493. The summed E-state index contributed by atoms with van der Waals surface area (Å²) in [5, 5.41) is 3.63. The third kappa shape index (κ3) is 4.15. The van der Waals surface area contributed by atoms with Gasteiger partial charge in [-0.25, -0.2) is 0 Å². The molecule has 2 rings (SSSR count). The average Bonchev–Trinajstić information content (AvgIpc) is 2.47. The summed E-state index contributed by atoms with van der Waals surface area (Å²) in [5.74, 6) is 0. The van der Waals surface area contributed by atoms with Gasteiger partial charge in [-0.1, -0.05) is 51.1 Å². The molecule has 2 atom stereocenters. The molecule has 0 amide bonds. The van der Waals surface area contributed by atoms with Gasteiger partial charge < -0.3 is 5.32 Å². The van der Waals surface area contributed by atoms with E-state index >= 15 is 0 Å². The average molecular weight is 282 g/mol. The van der Waals surface area contributed by atoms with Crippen LogP contribution in [-0.4, -0.2) is 4.98 Å². The first-order chi connectivity index (χ1) is 9.88. The maximum Gasteiger partial charge on any atom is 0.0315 e. The Kier molecular flexibility index (Phi) is 4.79. The Bertz CT molecular complexity index is 552. The van der Waals surface area contributed by atoms with Gasteiger partial charge in [0.05, 0.1) is 0 Å². The highest BCUT2D eigenvalue weighted by atomic mass is 14.9. The molecule has 0 fully saturated rings. The molecule has 0 bridgehead atoms. The number of hydrogen-bond acceptors (Lipinski definition) is 2. The molecule has 1 heterocycles. The van der Waals surface area contributed by atoms with Crippen LogP contribution >= 0.6 is 0 Å². The van der Waals surface area contributed by atoms with E-state index in [1.807, 2.05) is 18.5 Å². The standard InChI is InChI=1S/C19H26N2/c1-14(21-15(2)17-7-6-12-20-13-17)16-8-10-18(11-9-16)19(3,4)5/h6-15,21H,1-5H3/t14?,15-/m1/s1. The second-order valence-electron chi connectivity index (χ2n) is 6.77. The molecule has 0 aliphatic rings. The molecule has 1 aromatic carbocycles. The van der Waals surface area contributed by atoms with E-state index in [1.54, 1.807) is 0 Å². The van der Waals surface area contributed by atoms with Gasteiger partial charge in [0, 0.05) is 24.5 Å². The minimum Gasteiger partial charge on any atom is -0.304 e. The van der Waals surface area contributed by atoms with Gasteiger partial charge in [0.25, 0.3) is 0 Å². The molecule has 0 aliphatic heterocycles. The highest BCUT2D eigenvalue weighted by Crippen LogP contribution is 2.25. The van der Waals surface area contributed by atoms with Crippen molar-refractivity contribution in [2.75, 3.05) is 0 Å². The quantitative estimate of drug-likeness (QED) is 0.872. The van der Waals surface area contributed by atoms with Crippen molar-refractivity contribution in [3.8, 4) is 0 Å². The minimum atomic E-state index is 0.207. The minimum absolute atomic E-state index is 0.207. The molecule has 1 N–H and O–H groups in total. The molecule has 2 aromatic rings. The van der Waals surface area contributed by atoms with Crippen LogP contribution in [0, 0.1) is 0 Å². The molecular weight excluding hydrogens is 256 g/mol. The Balaban J connectivity index is 2.05. The molecule has 1 aromatic heterocycles. The SMILES string of the molecule is CC(N[C@H](C)c1cccnc1)c1ccc(C(C)(C)C)cc1. The van der Waals surface area contributed by atoms with Gasteiger partial charge in [-0.15, -0.1) is 0 Å². The monoisotopic (exact) mass is 282 g/mol. The van der Waals surface area contributed by atoms with Gasteiger partial charge >= 0.3 is 0 Å². The van der Waals surface area contributed by atoms with Crippen molar-refractivity contribution in [1.82, 2.24) is 10.3 Å². The van der Waals surface area contributed by atoms with Crippen LogP contribution in [0.1, 0.15) is 63.4 Å². The van der Waals surface area contributed by atoms with Crippen LogP contribution in [0.25, 0.3) is 0 Å². The molecule has 0 saturated heterocycles. The van der Waals surface area contributed by atoms with Crippen LogP contribution in [0.15, 0.2) is 48.8 Å².